The number of hydrogen-bond acceptors (Lipinski definition) is 3. The first-order valence-electron chi connectivity index (χ1n) is 6.06. The van der Waals surface area contributed by atoms with Crippen molar-refractivity contribution < 1.29 is 4.39 Å². The average Bonchev–Trinajstić information content (AvgIpc) is 2.87. The normalized spacial score (nSPS) is 10.5. The standard InChI is InChI=1S/C14H15FN4/c1-10(2)19-9-13(8-18-19)17-7-11-3-4-14(15)12(5-11)6-16/h3-5,8-10,17H,7H2,1-2H3. The summed E-state index contributed by atoms with van der Waals surface area (Å²) in [6, 6.07) is 6.67. The molecule has 5 heteroatoms. The molecule has 0 radical (unpaired) electrons. The summed E-state index contributed by atoms with van der Waals surface area (Å²) in [5.74, 6) is -0.487. The van der Waals surface area contributed by atoms with Crippen molar-refractivity contribution in [1.29, 1.82) is 5.26 Å². The molecule has 4 nitrogen and oxygen atoms in total. The average molecular weight is 258 g/mol. The Morgan fingerprint density at radius 2 is 2.26 bits per heavy atom. The molecule has 0 fully saturated rings. The molecule has 2 aromatic rings. The number of anilines is 1. The third-order valence-corrected chi connectivity index (χ3v) is 2.78. The maximum absolute atomic E-state index is 13.2. The zero-order valence-corrected chi connectivity index (χ0v) is 10.9. The van der Waals surface area contributed by atoms with Crippen molar-refractivity contribution >= 4 is 5.69 Å². The summed E-state index contributed by atoms with van der Waals surface area (Å²) in [6.45, 7) is 4.63. The van der Waals surface area contributed by atoms with E-state index in [-0.39, 0.29) is 5.56 Å². The Bertz CT molecular complexity index is 610. The van der Waals surface area contributed by atoms with E-state index >= 15 is 0 Å². The molecule has 0 spiro atoms. The van der Waals surface area contributed by atoms with E-state index in [1.54, 1.807) is 18.3 Å². The highest BCUT2D eigenvalue weighted by Crippen LogP contribution is 2.13. The smallest absolute Gasteiger partial charge is 0.140 e. The Labute approximate surface area is 111 Å². The summed E-state index contributed by atoms with van der Waals surface area (Å²) < 4.78 is 15.0. The van der Waals surface area contributed by atoms with Gasteiger partial charge in [0.05, 0.1) is 17.4 Å². The van der Waals surface area contributed by atoms with E-state index in [0.29, 0.717) is 12.6 Å². The quantitative estimate of drug-likeness (QED) is 0.916. The molecule has 1 N–H and O–H groups in total. The Hall–Kier alpha value is -2.35. The van der Waals surface area contributed by atoms with E-state index in [4.69, 9.17) is 5.26 Å². The van der Waals surface area contributed by atoms with Gasteiger partial charge in [0.15, 0.2) is 0 Å². The molecule has 1 aromatic carbocycles. The Kier molecular flexibility index (Phi) is 3.81. The first-order valence-corrected chi connectivity index (χ1v) is 6.06. The maximum Gasteiger partial charge on any atom is 0.140 e. The molecule has 1 heterocycles. The Morgan fingerprint density at radius 3 is 2.89 bits per heavy atom. The summed E-state index contributed by atoms with van der Waals surface area (Å²) in [7, 11) is 0. The third kappa shape index (κ3) is 3.10. The SMILES string of the molecule is CC(C)n1cc(NCc2ccc(F)c(C#N)c2)cn1. The fourth-order valence-corrected chi connectivity index (χ4v) is 1.68. The van der Waals surface area contributed by atoms with Crippen LogP contribution < -0.4 is 5.32 Å². The van der Waals surface area contributed by atoms with Crippen LogP contribution in [0.15, 0.2) is 30.6 Å². The van der Waals surface area contributed by atoms with Gasteiger partial charge in [-0.2, -0.15) is 10.4 Å². The monoisotopic (exact) mass is 258 g/mol. The maximum atomic E-state index is 13.2. The largest absolute Gasteiger partial charge is 0.378 e. The molecule has 98 valence electrons. The summed E-state index contributed by atoms with van der Waals surface area (Å²) in [5.41, 5.74) is 1.82. The van der Waals surface area contributed by atoms with Gasteiger partial charge < -0.3 is 5.32 Å². The van der Waals surface area contributed by atoms with Crippen LogP contribution in [0, 0.1) is 17.1 Å². The van der Waals surface area contributed by atoms with Crippen molar-refractivity contribution in [2.45, 2.75) is 26.4 Å². The first-order chi connectivity index (χ1) is 9.10. The molecule has 0 aliphatic carbocycles. The van der Waals surface area contributed by atoms with Gasteiger partial charge in [0, 0.05) is 18.8 Å². The molecule has 0 saturated heterocycles. The van der Waals surface area contributed by atoms with Crippen LogP contribution in [0.5, 0.6) is 0 Å². The molecule has 2 rings (SSSR count). The summed E-state index contributed by atoms with van der Waals surface area (Å²) in [6.07, 6.45) is 3.66. The number of nitrogens with zero attached hydrogens (tertiary/aromatic N) is 3. The minimum Gasteiger partial charge on any atom is -0.378 e. The number of aromatic nitrogens is 2. The molecule has 0 unspecified atom stereocenters. The number of hydrogen-bond donors (Lipinski definition) is 1. The molecular weight excluding hydrogens is 243 g/mol. The summed E-state index contributed by atoms with van der Waals surface area (Å²) in [5, 5.41) is 16.2. The van der Waals surface area contributed by atoms with Crippen LogP contribution in [-0.4, -0.2) is 9.78 Å². The lowest BCUT2D eigenvalue weighted by Crippen LogP contribution is -2.01. The van der Waals surface area contributed by atoms with E-state index in [9.17, 15) is 4.39 Å². The zero-order chi connectivity index (χ0) is 13.8. The van der Waals surface area contributed by atoms with Crippen molar-refractivity contribution in [3.05, 3.63) is 47.5 Å². The van der Waals surface area contributed by atoms with Gasteiger partial charge >= 0.3 is 0 Å². The van der Waals surface area contributed by atoms with Crippen LogP contribution in [-0.2, 0) is 6.54 Å². The van der Waals surface area contributed by atoms with Crippen LogP contribution in [0.3, 0.4) is 0 Å². The van der Waals surface area contributed by atoms with E-state index < -0.39 is 5.82 Å². The van der Waals surface area contributed by atoms with Gasteiger partial charge in [-0.25, -0.2) is 4.39 Å². The molecule has 0 saturated carbocycles. The fourth-order valence-electron chi connectivity index (χ4n) is 1.68. The van der Waals surface area contributed by atoms with Crippen molar-refractivity contribution in [3.8, 4) is 6.07 Å². The predicted octanol–water partition coefficient (Wildman–Crippen LogP) is 3.09. The summed E-state index contributed by atoms with van der Waals surface area (Å²) in [4.78, 5) is 0. The molecule has 0 aliphatic heterocycles. The van der Waals surface area contributed by atoms with Gasteiger partial charge in [0.2, 0.25) is 0 Å². The minimum atomic E-state index is -0.487. The van der Waals surface area contributed by atoms with Gasteiger partial charge in [-0.05, 0) is 31.5 Å². The van der Waals surface area contributed by atoms with E-state index in [0.717, 1.165) is 11.3 Å². The highest BCUT2D eigenvalue weighted by atomic mass is 19.1. The molecule has 0 bridgehead atoms. The fraction of sp³-hybridized carbons (Fsp3) is 0.286. The van der Waals surface area contributed by atoms with Crippen LogP contribution in [0.2, 0.25) is 0 Å². The lowest BCUT2D eigenvalue weighted by molar-refractivity contribution is 0.532. The van der Waals surface area contributed by atoms with E-state index in [1.165, 1.54) is 6.07 Å². The van der Waals surface area contributed by atoms with E-state index in [1.807, 2.05) is 16.9 Å². The Balaban J connectivity index is 2.04. The van der Waals surface area contributed by atoms with E-state index in [2.05, 4.69) is 24.3 Å². The van der Waals surface area contributed by atoms with Crippen molar-refractivity contribution in [1.82, 2.24) is 9.78 Å². The lowest BCUT2D eigenvalue weighted by atomic mass is 10.1. The molecule has 0 amide bonds. The van der Waals surface area contributed by atoms with Crippen LogP contribution in [0.1, 0.15) is 31.0 Å². The third-order valence-electron chi connectivity index (χ3n) is 2.78. The summed E-state index contributed by atoms with van der Waals surface area (Å²) >= 11 is 0. The molecule has 1 aromatic heterocycles. The number of halogens is 1. The van der Waals surface area contributed by atoms with Gasteiger partial charge in [-0.1, -0.05) is 6.07 Å². The zero-order valence-electron chi connectivity index (χ0n) is 10.9. The van der Waals surface area contributed by atoms with Gasteiger partial charge in [-0.15, -0.1) is 0 Å². The van der Waals surface area contributed by atoms with Gasteiger partial charge in [0.1, 0.15) is 11.9 Å². The van der Waals surface area contributed by atoms with Crippen molar-refractivity contribution in [2.24, 2.45) is 0 Å². The number of benzene rings is 1. The van der Waals surface area contributed by atoms with Gasteiger partial charge in [0.25, 0.3) is 0 Å². The van der Waals surface area contributed by atoms with Crippen LogP contribution >= 0.6 is 0 Å². The Morgan fingerprint density at radius 1 is 1.47 bits per heavy atom. The molecule has 19 heavy (non-hydrogen) atoms. The second-order valence-electron chi connectivity index (χ2n) is 4.58. The van der Waals surface area contributed by atoms with Gasteiger partial charge in [-0.3, -0.25) is 4.68 Å². The lowest BCUT2D eigenvalue weighted by Gasteiger charge is -2.05. The second kappa shape index (κ2) is 5.53. The topological polar surface area (TPSA) is 53.6 Å². The highest BCUT2D eigenvalue weighted by molar-refractivity contribution is 5.41. The molecular formula is C14H15FN4. The predicted molar refractivity (Wildman–Crippen MR) is 71.1 cm³/mol. The number of rotatable bonds is 4. The highest BCUT2D eigenvalue weighted by Gasteiger charge is 2.04. The van der Waals surface area contributed by atoms with Crippen LogP contribution in [0.25, 0.3) is 0 Å². The minimum absolute atomic E-state index is 0.0668. The van der Waals surface area contributed by atoms with Crippen LogP contribution in [0.4, 0.5) is 10.1 Å². The van der Waals surface area contributed by atoms with Crippen molar-refractivity contribution in [2.75, 3.05) is 5.32 Å². The number of nitrogens with one attached hydrogen (secondary N) is 1. The molecule has 0 aliphatic rings. The van der Waals surface area contributed by atoms with Crippen molar-refractivity contribution in [3.63, 3.8) is 0 Å². The second-order valence-corrected chi connectivity index (χ2v) is 4.58. The number of nitriles is 1. The molecule has 0 atom stereocenters. The first kappa shape index (κ1) is 13.1.